The predicted octanol–water partition coefficient (Wildman–Crippen LogP) is 8.50. The SMILES string of the molecule is C=C1C(C)=C(C)c2[nH]c3cc(C)c(Cc4cc5c6c([nH]c5cc4C)C(C)=C(C)C6=C)cc3c21. The predicted molar refractivity (Wildman–Crippen MR) is 143 cm³/mol. The minimum absolute atomic E-state index is 0.916. The van der Waals surface area contributed by atoms with Crippen molar-refractivity contribution in [2.45, 2.75) is 48.0 Å². The fourth-order valence-electron chi connectivity index (χ4n) is 5.77. The van der Waals surface area contributed by atoms with Gasteiger partial charge in [0.15, 0.2) is 0 Å². The van der Waals surface area contributed by atoms with Gasteiger partial charge in [-0.25, -0.2) is 0 Å². The Hall–Kier alpha value is -3.52. The van der Waals surface area contributed by atoms with Gasteiger partial charge in [-0.2, -0.15) is 0 Å². The summed E-state index contributed by atoms with van der Waals surface area (Å²) in [5.41, 5.74) is 20.4. The molecule has 2 heteroatoms. The number of benzene rings is 2. The summed E-state index contributed by atoms with van der Waals surface area (Å²) in [6, 6.07) is 9.38. The van der Waals surface area contributed by atoms with Crippen LogP contribution in [-0.4, -0.2) is 9.97 Å². The maximum Gasteiger partial charge on any atom is 0.0503 e. The summed E-state index contributed by atoms with van der Waals surface area (Å²) < 4.78 is 0. The summed E-state index contributed by atoms with van der Waals surface area (Å²) >= 11 is 0. The molecule has 2 aliphatic rings. The maximum atomic E-state index is 4.39. The Morgan fingerprint density at radius 1 is 0.576 bits per heavy atom. The van der Waals surface area contributed by atoms with E-state index < -0.39 is 0 Å². The second-order valence-electron chi connectivity index (χ2n) is 10.0. The van der Waals surface area contributed by atoms with E-state index in [1.165, 1.54) is 88.9 Å². The monoisotopic (exact) mass is 430 g/mol. The first-order chi connectivity index (χ1) is 15.7. The Kier molecular flexibility index (Phi) is 3.97. The topological polar surface area (TPSA) is 31.6 Å². The average molecular weight is 431 g/mol. The molecule has 2 N–H and O–H groups in total. The van der Waals surface area contributed by atoms with E-state index in [2.05, 4.69) is 88.9 Å². The first-order valence-electron chi connectivity index (χ1n) is 11.7. The van der Waals surface area contributed by atoms with Gasteiger partial charge >= 0.3 is 0 Å². The number of rotatable bonds is 2. The molecule has 0 fully saturated rings. The number of aromatic amines is 2. The number of hydrogen-bond acceptors (Lipinski definition) is 0. The second kappa shape index (κ2) is 6.51. The largest absolute Gasteiger partial charge is 0.354 e. The number of nitrogens with one attached hydrogen (secondary N) is 2. The van der Waals surface area contributed by atoms with Gasteiger partial charge in [0.05, 0.1) is 11.4 Å². The van der Waals surface area contributed by atoms with E-state index in [9.17, 15) is 0 Å². The molecule has 164 valence electrons. The normalized spacial score (nSPS) is 15.6. The number of aromatic nitrogens is 2. The zero-order valence-corrected chi connectivity index (χ0v) is 20.4. The van der Waals surface area contributed by atoms with Crippen molar-refractivity contribution in [3.05, 3.63) is 93.3 Å². The summed E-state index contributed by atoms with van der Waals surface area (Å²) in [5, 5.41) is 2.58. The van der Waals surface area contributed by atoms with Crippen molar-refractivity contribution in [3.8, 4) is 0 Å². The third-order valence-electron chi connectivity index (χ3n) is 8.27. The quantitative estimate of drug-likeness (QED) is 0.319. The third kappa shape index (κ3) is 2.55. The van der Waals surface area contributed by atoms with Crippen LogP contribution in [0, 0.1) is 13.8 Å². The van der Waals surface area contributed by atoms with Crippen LogP contribution in [0.4, 0.5) is 0 Å². The Bertz CT molecular complexity index is 1530. The zero-order valence-electron chi connectivity index (χ0n) is 20.4. The Labute approximate surface area is 195 Å². The van der Waals surface area contributed by atoms with Crippen LogP contribution >= 0.6 is 0 Å². The Morgan fingerprint density at radius 2 is 0.970 bits per heavy atom. The fraction of sp³-hybridized carbons (Fsp3) is 0.226. The van der Waals surface area contributed by atoms with E-state index in [4.69, 9.17) is 0 Å². The molecule has 0 unspecified atom stereocenters. The van der Waals surface area contributed by atoms with Gasteiger partial charge in [0.2, 0.25) is 0 Å². The van der Waals surface area contributed by atoms with Crippen molar-refractivity contribution in [2.24, 2.45) is 0 Å². The molecular weight excluding hydrogens is 400 g/mol. The highest BCUT2D eigenvalue weighted by Crippen LogP contribution is 2.45. The second-order valence-corrected chi connectivity index (χ2v) is 10.0. The van der Waals surface area contributed by atoms with Crippen LogP contribution in [0.25, 0.3) is 44.1 Å². The summed E-state index contributed by atoms with van der Waals surface area (Å²) in [4.78, 5) is 7.31. The fourth-order valence-corrected chi connectivity index (χ4v) is 5.77. The van der Waals surface area contributed by atoms with Gasteiger partial charge in [0.25, 0.3) is 0 Å². The molecule has 2 aromatic heterocycles. The lowest BCUT2D eigenvalue weighted by molar-refractivity contribution is 1.14. The smallest absolute Gasteiger partial charge is 0.0503 e. The number of H-pyrrole nitrogens is 2. The molecule has 6 rings (SSSR count). The van der Waals surface area contributed by atoms with E-state index in [0.29, 0.717) is 0 Å². The van der Waals surface area contributed by atoms with Crippen molar-refractivity contribution < 1.29 is 0 Å². The van der Waals surface area contributed by atoms with Gasteiger partial charge < -0.3 is 9.97 Å². The van der Waals surface area contributed by atoms with E-state index in [1.807, 2.05) is 0 Å². The molecule has 0 amide bonds. The molecule has 0 saturated carbocycles. The number of allylic oxidation sites excluding steroid dienone is 6. The third-order valence-corrected chi connectivity index (χ3v) is 8.27. The molecule has 0 spiro atoms. The van der Waals surface area contributed by atoms with Crippen LogP contribution in [0.15, 0.2) is 48.6 Å². The summed E-state index contributed by atoms with van der Waals surface area (Å²) in [7, 11) is 0. The highest BCUT2D eigenvalue weighted by molar-refractivity contribution is 6.09. The van der Waals surface area contributed by atoms with E-state index in [-0.39, 0.29) is 0 Å². The van der Waals surface area contributed by atoms with Gasteiger partial charge in [-0.15, -0.1) is 0 Å². The number of aryl methyl sites for hydroxylation is 2. The first-order valence-corrected chi connectivity index (χ1v) is 11.7. The molecule has 2 aromatic carbocycles. The van der Waals surface area contributed by atoms with Gasteiger partial charge in [0.1, 0.15) is 0 Å². The maximum absolute atomic E-state index is 4.39. The number of fused-ring (bicyclic) bond motifs is 6. The van der Waals surface area contributed by atoms with Crippen LogP contribution < -0.4 is 0 Å². The minimum Gasteiger partial charge on any atom is -0.354 e. The van der Waals surface area contributed by atoms with Crippen molar-refractivity contribution in [2.75, 3.05) is 0 Å². The Morgan fingerprint density at radius 3 is 1.36 bits per heavy atom. The molecule has 0 radical (unpaired) electrons. The molecule has 0 atom stereocenters. The summed E-state index contributed by atoms with van der Waals surface area (Å²) in [6.45, 7) is 22.0. The molecule has 0 saturated heterocycles. The molecule has 4 aromatic rings. The van der Waals surface area contributed by atoms with E-state index in [1.54, 1.807) is 0 Å². The number of hydrogen-bond donors (Lipinski definition) is 2. The lowest BCUT2D eigenvalue weighted by Crippen LogP contribution is -1.96. The molecule has 33 heavy (non-hydrogen) atoms. The van der Waals surface area contributed by atoms with Gasteiger partial charge in [-0.05, 0) is 128 Å². The van der Waals surface area contributed by atoms with Crippen molar-refractivity contribution in [1.82, 2.24) is 9.97 Å². The van der Waals surface area contributed by atoms with Crippen molar-refractivity contribution in [3.63, 3.8) is 0 Å². The molecule has 2 aliphatic carbocycles. The highest BCUT2D eigenvalue weighted by Gasteiger charge is 2.26. The average Bonchev–Trinajstić information content (AvgIpc) is 3.44. The van der Waals surface area contributed by atoms with Crippen LogP contribution in [0.2, 0.25) is 0 Å². The van der Waals surface area contributed by atoms with Crippen LogP contribution in [0.3, 0.4) is 0 Å². The summed E-state index contributed by atoms with van der Waals surface area (Å²) in [6.07, 6.45) is 0.916. The van der Waals surface area contributed by atoms with Crippen molar-refractivity contribution >= 4 is 44.1 Å². The van der Waals surface area contributed by atoms with Gasteiger partial charge in [-0.3, -0.25) is 0 Å². The molecule has 0 aliphatic heterocycles. The van der Waals surface area contributed by atoms with E-state index in [0.717, 1.165) is 17.6 Å². The van der Waals surface area contributed by atoms with Gasteiger partial charge in [-0.1, -0.05) is 13.2 Å². The van der Waals surface area contributed by atoms with Crippen molar-refractivity contribution in [1.29, 1.82) is 0 Å². The first kappa shape index (κ1) is 20.1. The highest BCUT2D eigenvalue weighted by atomic mass is 14.7. The molecular formula is C31H30N2. The standard InChI is InChI=1S/C31H30N2/c1-14-9-26-24(28-18(5)16(3)20(7)30(28)32-26)12-22(14)11-23-13-25-27(10-15(23)2)33-31-21(8)17(4)19(6)29(25)31/h9-10,12-13,32-33H,5-6,11H2,1-4,7-8H3. The zero-order chi connectivity index (χ0) is 23.3. The summed E-state index contributed by atoms with van der Waals surface area (Å²) in [5.74, 6) is 0. The molecule has 2 heterocycles. The lowest BCUT2D eigenvalue weighted by Gasteiger charge is -2.12. The minimum atomic E-state index is 0.916. The van der Waals surface area contributed by atoms with Crippen LogP contribution in [0.1, 0.15) is 72.5 Å². The lowest BCUT2D eigenvalue weighted by atomic mass is 9.93. The van der Waals surface area contributed by atoms with E-state index >= 15 is 0 Å². The molecule has 0 bridgehead atoms. The van der Waals surface area contributed by atoms with Crippen LogP contribution in [-0.2, 0) is 6.42 Å². The van der Waals surface area contributed by atoms with Crippen LogP contribution in [0.5, 0.6) is 0 Å². The molecule has 2 nitrogen and oxygen atoms in total. The Balaban J connectivity index is 1.48. The van der Waals surface area contributed by atoms with Gasteiger partial charge in [0, 0.05) is 32.9 Å².